The Balaban J connectivity index is 1.82. The number of aromatic nitrogens is 1. The van der Waals surface area contributed by atoms with E-state index in [1.165, 1.54) is 12.1 Å². The molecule has 4 rings (SSSR count). The van der Waals surface area contributed by atoms with Crippen LogP contribution in [0.1, 0.15) is 12.5 Å². The number of nitrogens with zero attached hydrogens (tertiary/aromatic N) is 2. The van der Waals surface area contributed by atoms with Crippen LogP contribution >= 0.6 is 0 Å². The third-order valence-corrected chi connectivity index (χ3v) is 6.32. The molecule has 0 aliphatic carbocycles. The van der Waals surface area contributed by atoms with Gasteiger partial charge in [-0.15, -0.1) is 0 Å². The lowest BCUT2D eigenvalue weighted by atomic mass is 10.0. The minimum atomic E-state index is -3.35. The largest absolute Gasteiger partial charge is 0.354 e. The van der Waals surface area contributed by atoms with E-state index in [1.807, 2.05) is 25.1 Å². The minimum Gasteiger partial charge on any atom is -0.354 e. The van der Waals surface area contributed by atoms with E-state index in [2.05, 4.69) is 15.0 Å². The molecule has 0 spiro atoms. The summed E-state index contributed by atoms with van der Waals surface area (Å²) in [5.41, 5.74) is 4.21. The first-order valence-electron chi connectivity index (χ1n) is 9.62. The van der Waals surface area contributed by atoms with Gasteiger partial charge in [0.25, 0.3) is 5.69 Å². The van der Waals surface area contributed by atoms with Gasteiger partial charge in [0.2, 0.25) is 10.0 Å². The molecule has 2 N–H and O–H groups in total. The summed E-state index contributed by atoms with van der Waals surface area (Å²) in [7, 11) is -3.35. The number of anilines is 3. The predicted octanol–water partition coefficient (Wildman–Crippen LogP) is 5.11. The van der Waals surface area contributed by atoms with Crippen molar-refractivity contribution in [3.8, 4) is 0 Å². The van der Waals surface area contributed by atoms with Crippen LogP contribution in [0, 0.1) is 17.0 Å². The van der Waals surface area contributed by atoms with Gasteiger partial charge in [-0.05, 0) is 49.7 Å². The first kappa shape index (κ1) is 20.5. The number of pyridine rings is 1. The Kier molecular flexibility index (Phi) is 5.20. The number of sulfonamides is 1. The Morgan fingerprint density at radius 3 is 2.39 bits per heavy atom. The van der Waals surface area contributed by atoms with Gasteiger partial charge in [-0.1, -0.05) is 18.2 Å². The van der Waals surface area contributed by atoms with Crippen molar-refractivity contribution in [3.05, 3.63) is 76.3 Å². The number of rotatable bonds is 6. The third kappa shape index (κ3) is 4.13. The predicted molar refractivity (Wildman–Crippen MR) is 123 cm³/mol. The summed E-state index contributed by atoms with van der Waals surface area (Å²) in [5, 5.41) is 16.2. The van der Waals surface area contributed by atoms with Gasteiger partial charge >= 0.3 is 0 Å². The molecule has 0 amide bonds. The highest BCUT2D eigenvalue weighted by molar-refractivity contribution is 7.92. The summed E-state index contributed by atoms with van der Waals surface area (Å²) in [6, 6.07) is 17.3. The van der Waals surface area contributed by atoms with Crippen molar-refractivity contribution in [2.75, 3.05) is 15.8 Å². The van der Waals surface area contributed by atoms with Gasteiger partial charge in [0.1, 0.15) is 0 Å². The zero-order valence-corrected chi connectivity index (χ0v) is 17.7. The van der Waals surface area contributed by atoms with Crippen LogP contribution < -0.4 is 10.0 Å². The van der Waals surface area contributed by atoms with E-state index in [0.29, 0.717) is 11.2 Å². The fourth-order valence-corrected chi connectivity index (χ4v) is 4.00. The average molecular weight is 436 g/mol. The van der Waals surface area contributed by atoms with Crippen molar-refractivity contribution in [2.45, 2.75) is 13.8 Å². The smallest absolute Gasteiger partial charge is 0.271 e. The molecule has 0 radical (unpaired) electrons. The molecule has 1 heterocycles. The maximum Gasteiger partial charge on any atom is 0.271 e. The number of hydrogen-bond acceptors (Lipinski definition) is 6. The van der Waals surface area contributed by atoms with Gasteiger partial charge in [0.05, 0.1) is 27.4 Å². The molecule has 4 aromatic rings. The molecule has 0 atom stereocenters. The maximum absolute atomic E-state index is 11.8. The van der Waals surface area contributed by atoms with Crippen LogP contribution in [0.5, 0.6) is 0 Å². The van der Waals surface area contributed by atoms with Crippen LogP contribution in [0.4, 0.5) is 22.7 Å². The quantitative estimate of drug-likeness (QED) is 0.247. The fraction of sp³-hybridized carbons (Fsp3) is 0.136. The molecule has 8 nitrogen and oxygen atoms in total. The van der Waals surface area contributed by atoms with Crippen LogP contribution in [0.15, 0.2) is 60.7 Å². The average Bonchev–Trinajstić information content (AvgIpc) is 2.75. The van der Waals surface area contributed by atoms with Crippen molar-refractivity contribution < 1.29 is 13.3 Å². The fourth-order valence-electron chi connectivity index (χ4n) is 3.36. The number of hydrogen-bond donors (Lipinski definition) is 2. The first-order valence-corrected chi connectivity index (χ1v) is 11.3. The summed E-state index contributed by atoms with van der Waals surface area (Å²) in [6.45, 7) is 3.52. The second-order valence-corrected chi connectivity index (χ2v) is 9.14. The van der Waals surface area contributed by atoms with Crippen molar-refractivity contribution >= 4 is 54.6 Å². The highest BCUT2D eigenvalue weighted by Gasteiger charge is 2.15. The zero-order valence-electron chi connectivity index (χ0n) is 16.9. The van der Waals surface area contributed by atoms with Crippen molar-refractivity contribution in [2.24, 2.45) is 0 Å². The Labute approximate surface area is 179 Å². The topological polar surface area (TPSA) is 114 Å². The summed E-state index contributed by atoms with van der Waals surface area (Å²) in [6.07, 6.45) is 0. The molecule has 3 aromatic carbocycles. The zero-order chi connectivity index (χ0) is 22.2. The SMILES string of the molecule is CCS(=O)(=O)Nc1ccc(Nc2c3ccc([N+](=O)[O-])cc3nc3c(C)cccc23)cc1. The summed E-state index contributed by atoms with van der Waals surface area (Å²) in [5.74, 6) is -0.00647. The van der Waals surface area contributed by atoms with Crippen LogP contribution in [-0.2, 0) is 10.0 Å². The molecule has 1 aromatic heterocycles. The lowest BCUT2D eigenvalue weighted by molar-refractivity contribution is -0.384. The number of non-ortho nitro benzene ring substituents is 1. The van der Waals surface area contributed by atoms with Gasteiger partial charge in [-0.25, -0.2) is 13.4 Å². The van der Waals surface area contributed by atoms with E-state index in [1.54, 1.807) is 37.3 Å². The van der Waals surface area contributed by atoms with Crippen molar-refractivity contribution in [1.29, 1.82) is 0 Å². The van der Waals surface area contributed by atoms with Crippen LogP contribution in [-0.4, -0.2) is 24.1 Å². The van der Waals surface area contributed by atoms with Gasteiger partial charge in [0.15, 0.2) is 0 Å². The van der Waals surface area contributed by atoms with Crippen LogP contribution in [0.2, 0.25) is 0 Å². The molecule has 0 saturated carbocycles. The van der Waals surface area contributed by atoms with E-state index in [-0.39, 0.29) is 11.4 Å². The summed E-state index contributed by atoms with van der Waals surface area (Å²) in [4.78, 5) is 15.4. The lowest BCUT2D eigenvalue weighted by Crippen LogP contribution is -2.14. The molecule has 0 bridgehead atoms. The number of benzene rings is 3. The Morgan fingerprint density at radius 2 is 1.71 bits per heavy atom. The van der Waals surface area contributed by atoms with Gasteiger partial charge in [-0.2, -0.15) is 0 Å². The second-order valence-electron chi connectivity index (χ2n) is 7.12. The Morgan fingerprint density at radius 1 is 1.00 bits per heavy atom. The molecule has 158 valence electrons. The van der Waals surface area contributed by atoms with Crippen LogP contribution in [0.25, 0.3) is 21.8 Å². The van der Waals surface area contributed by atoms with E-state index in [4.69, 9.17) is 0 Å². The number of aryl methyl sites for hydroxylation is 1. The van der Waals surface area contributed by atoms with Gasteiger partial charge in [-0.3, -0.25) is 14.8 Å². The lowest BCUT2D eigenvalue weighted by Gasteiger charge is -2.15. The molecule has 31 heavy (non-hydrogen) atoms. The number of para-hydroxylation sites is 1. The molecular formula is C22H20N4O4S. The first-order chi connectivity index (χ1) is 14.8. The standard InChI is InChI=1S/C22H20N4O4S/c1-3-31(29,30)25-16-9-7-15(8-10-16)23-22-18-12-11-17(26(27)28)13-20(18)24-21-14(2)5-4-6-19(21)22/h4-13,25H,3H2,1-2H3,(H,23,24). The van der Waals surface area contributed by atoms with E-state index >= 15 is 0 Å². The molecule has 0 unspecified atom stereocenters. The minimum absolute atomic E-state index is 0.00647. The van der Waals surface area contributed by atoms with Gasteiger partial charge in [0, 0.05) is 34.3 Å². The van der Waals surface area contributed by atoms with E-state index in [0.717, 1.165) is 33.2 Å². The number of nitrogens with one attached hydrogen (secondary N) is 2. The van der Waals surface area contributed by atoms with E-state index < -0.39 is 14.9 Å². The maximum atomic E-state index is 11.8. The molecule has 9 heteroatoms. The highest BCUT2D eigenvalue weighted by atomic mass is 32.2. The van der Waals surface area contributed by atoms with Gasteiger partial charge < -0.3 is 5.32 Å². The molecule has 0 aliphatic heterocycles. The third-order valence-electron chi connectivity index (χ3n) is 5.01. The van der Waals surface area contributed by atoms with Crippen LogP contribution in [0.3, 0.4) is 0 Å². The molecular weight excluding hydrogens is 416 g/mol. The molecule has 0 fully saturated rings. The highest BCUT2D eigenvalue weighted by Crippen LogP contribution is 2.35. The summed E-state index contributed by atoms with van der Waals surface area (Å²) < 4.78 is 26.0. The Hall–Kier alpha value is -3.72. The summed E-state index contributed by atoms with van der Waals surface area (Å²) >= 11 is 0. The molecule has 0 aliphatic rings. The van der Waals surface area contributed by atoms with Crippen molar-refractivity contribution in [3.63, 3.8) is 0 Å². The monoisotopic (exact) mass is 436 g/mol. The second kappa shape index (κ2) is 7.84. The number of nitro benzene ring substituents is 1. The number of fused-ring (bicyclic) bond motifs is 2. The molecule has 0 saturated heterocycles. The Bertz CT molecular complexity index is 1420. The van der Waals surface area contributed by atoms with E-state index in [9.17, 15) is 18.5 Å². The number of nitro groups is 1. The van der Waals surface area contributed by atoms with Crippen molar-refractivity contribution in [1.82, 2.24) is 4.98 Å². The normalized spacial score (nSPS) is 11.5.